The van der Waals surface area contributed by atoms with Crippen molar-refractivity contribution in [2.75, 3.05) is 26.3 Å². The molecule has 0 atom stereocenters. The molecule has 0 unspecified atom stereocenters. The van der Waals surface area contributed by atoms with E-state index in [9.17, 15) is 0 Å². The molecule has 0 amide bonds. The Labute approximate surface area is 109 Å². The lowest BCUT2D eigenvalue weighted by Crippen LogP contribution is -2.50. The van der Waals surface area contributed by atoms with Gasteiger partial charge >= 0.3 is 0 Å². The van der Waals surface area contributed by atoms with E-state index in [2.05, 4.69) is 16.3 Å². The molecule has 96 valence electrons. The molecule has 0 aromatic rings. The summed E-state index contributed by atoms with van der Waals surface area (Å²) < 4.78 is 8.72. The quantitative estimate of drug-likeness (QED) is 0.702. The first kappa shape index (κ1) is 11.1. The number of nitrogens with zero attached hydrogens (tertiary/aromatic N) is 1. The van der Waals surface area contributed by atoms with E-state index in [0.29, 0.717) is 4.75 Å². The molecule has 5 fully saturated rings. The Morgan fingerprint density at radius 3 is 1.94 bits per heavy atom. The van der Waals surface area contributed by atoms with Crippen LogP contribution in [-0.2, 0) is 4.74 Å². The summed E-state index contributed by atoms with van der Waals surface area (Å²) in [5, 5.41) is 0. The molecule has 0 aromatic carbocycles. The van der Waals surface area contributed by atoms with Crippen molar-refractivity contribution in [1.82, 2.24) is 4.31 Å². The molecule has 1 saturated heterocycles. The van der Waals surface area contributed by atoms with Crippen molar-refractivity contribution in [1.29, 1.82) is 0 Å². The Morgan fingerprint density at radius 1 is 0.882 bits per heavy atom. The van der Waals surface area contributed by atoms with Crippen LogP contribution in [0.3, 0.4) is 0 Å². The molecule has 2 nitrogen and oxygen atoms in total. The molecule has 3 heteroatoms. The van der Waals surface area contributed by atoms with E-state index in [4.69, 9.17) is 4.74 Å². The van der Waals surface area contributed by atoms with Gasteiger partial charge in [0.15, 0.2) is 0 Å². The van der Waals surface area contributed by atoms with E-state index in [-0.39, 0.29) is 0 Å². The minimum absolute atomic E-state index is 0.645. The highest BCUT2D eigenvalue weighted by Crippen LogP contribution is 2.61. The van der Waals surface area contributed by atoms with Crippen molar-refractivity contribution in [3.8, 4) is 0 Å². The lowest BCUT2D eigenvalue weighted by molar-refractivity contribution is 0.0336. The molecular formula is C14H23NOS. The zero-order chi connectivity index (χ0) is 11.3. The summed E-state index contributed by atoms with van der Waals surface area (Å²) in [6.07, 6.45) is 9.22. The summed E-state index contributed by atoms with van der Waals surface area (Å²) in [5.74, 6) is 3.24. The van der Waals surface area contributed by atoms with Gasteiger partial charge in [-0.1, -0.05) is 11.9 Å². The molecule has 1 heterocycles. The number of morpholine rings is 1. The first-order valence-corrected chi connectivity index (χ1v) is 8.10. The Morgan fingerprint density at radius 2 is 1.41 bits per heavy atom. The van der Waals surface area contributed by atoms with Crippen molar-refractivity contribution in [3.05, 3.63) is 0 Å². The maximum Gasteiger partial charge on any atom is 0.0603 e. The second kappa shape index (κ2) is 4.14. The fourth-order valence-electron chi connectivity index (χ4n) is 5.05. The molecule has 5 rings (SSSR count). The van der Waals surface area contributed by atoms with Gasteiger partial charge in [0.1, 0.15) is 0 Å². The van der Waals surface area contributed by atoms with Crippen LogP contribution in [0.25, 0.3) is 0 Å². The molecular weight excluding hydrogens is 230 g/mol. The highest BCUT2D eigenvalue weighted by atomic mass is 32.2. The average Bonchev–Trinajstić information content (AvgIpc) is 2.27. The summed E-state index contributed by atoms with van der Waals surface area (Å²) in [7, 11) is 0. The van der Waals surface area contributed by atoms with Gasteiger partial charge in [-0.15, -0.1) is 0 Å². The first-order valence-electron chi connectivity index (χ1n) is 7.33. The Balaban J connectivity index is 1.48. The van der Waals surface area contributed by atoms with E-state index >= 15 is 0 Å². The smallest absolute Gasteiger partial charge is 0.0603 e. The summed E-state index contributed by atoms with van der Waals surface area (Å²) in [6.45, 7) is 4.18. The summed E-state index contributed by atoms with van der Waals surface area (Å²) in [5.41, 5.74) is 0. The SMILES string of the molecule is C1CN(SC23CC4CC(CC(C4)C2)C3)CCO1. The van der Waals surface area contributed by atoms with Gasteiger partial charge in [-0.3, -0.25) is 0 Å². The molecule has 4 saturated carbocycles. The fraction of sp³-hybridized carbons (Fsp3) is 1.00. The van der Waals surface area contributed by atoms with Gasteiger partial charge in [0, 0.05) is 17.8 Å². The highest BCUT2D eigenvalue weighted by Gasteiger charge is 2.52. The van der Waals surface area contributed by atoms with Gasteiger partial charge in [0.2, 0.25) is 0 Å². The maximum absolute atomic E-state index is 5.47. The van der Waals surface area contributed by atoms with Crippen LogP contribution in [0.15, 0.2) is 0 Å². The van der Waals surface area contributed by atoms with E-state index in [1.807, 2.05) is 0 Å². The Bertz CT molecular complexity index is 265. The van der Waals surface area contributed by atoms with Gasteiger partial charge in [-0.2, -0.15) is 0 Å². The molecule has 1 aliphatic heterocycles. The van der Waals surface area contributed by atoms with Crippen molar-refractivity contribution < 1.29 is 4.74 Å². The summed E-state index contributed by atoms with van der Waals surface area (Å²) >= 11 is 2.23. The van der Waals surface area contributed by atoms with Gasteiger partial charge in [0.25, 0.3) is 0 Å². The maximum atomic E-state index is 5.47. The lowest BCUT2D eigenvalue weighted by Gasteiger charge is -2.57. The van der Waals surface area contributed by atoms with Crippen molar-refractivity contribution in [2.45, 2.75) is 43.3 Å². The van der Waals surface area contributed by atoms with E-state index in [0.717, 1.165) is 44.1 Å². The fourth-order valence-corrected chi connectivity index (χ4v) is 6.86. The van der Waals surface area contributed by atoms with Crippen LogP contribution in [0.5, 0.6) is 0 Å². The van der Waals surface area contributed by atoms with E-state index in [1.54, 1.807) is 19.3 Å². The zero-order valence-corrected chi connectivity index (χ0v) is 11.4. The van der Waals surface area contributed by atoms with Crippen molar-refractivity contribution in [3.63, 3.8) is 0 Å². The van der Waals surface area contributed by atoms with Crippen molar-refractivity contribution in [2.24, 2.45) is 17.8 Å². The molecule has 0 spiro atoms. The molecule has 4 aliphatic carbocycles. The molecule has 0 radical (unpaired) electrons. The highest BCUT2D eigenvalue weighted by molar-refractivity contribution is 7.98. The third kappa shape index (κ3) is 2.04. The van der Waals surface area contributed by atoms with Crippen LogP contribution >= 0.6 is 11.9 Å². The molecule has 0 N–H and O–H groups in total. The van der Waals surface area contributed by atoms with Crippen LogP contribution < -0.4 is 0 Å². The topological polar surface area (TPSA) is 12.5 Å². The minimum atomic E-state index is 0.645. The van der Waals surface area contributed by atoms with Crippen molar-refractivity contribution >= 4 is 11.9 Å². The van der Waals surface area contributed by atoms with Crippen LogP contribution in [0.1, 0.15) is 38.5 Å². The summed E-state index contributed by atoms with van der Waals surface area (Å²) in [4.78, 5) is 0. The third-order valence-corrected chi connectivity index (χ3v) is 6.79. The monoisotopic (exact) mass is 253 g/mol. The largest absolute Gasteiger partial charge is 0.379 e. The Hall–Kier alpha value is 0.270. The van der Waals surface area contributed by atoms with Gasteiger partial charge in [0.05, 0.1) is 13.2 Å². The second-order valence-corrected chi connectivity index (χ2v) is 8.30. The predicted molar refractivity (Wildman–Crippen MR) is 70.9 cm³/mol. The molecule has 4 bridgehead atoms. The van der Waals surface area contributed by atoms with Crippen LogP contribution in [0, 0.1) is 17.8 Å². The van der Waals surface area contributed by atoms with Gasteiger partial charge in [-0.25, -0.2) is 4.31 Å². The number of ether oxygens (including phenoxy) is 1. The third-order valence-electron chi connectivity index (χ3n) is 5.27. The lowest BCUT2D eigenvalue weighted by atomic mass is 9.56. The second-order valence-electron chi connectivity index (χ2n) is 6.73. The first-order chi connectivity index (χ1) is 8.31. The predicted octanol–water partition coefficient (Wildman–Crippen LogP) is 2.94. The van der Waals surface area contributed by atoms with Gasteiger partial charge in [-0.05, 0) is 56.3 Å². The van der Waals surface area contributed by atoms with Gasteiger partial charge < -0.3 is 4.74 Å². The van der Waals surface area contributed by atoms with E-state index in [1.165, 1.54) is 19.3 Å². The average molecular weight is 253 g/mol. The number of hydrogen-bond donors (Lipinski definition) is 0. The number of hydrogen-bond acceptors (Lipinski definition) is 3. The van der Waals surface area contributed by atoms with Crippen LogP contribution in [0.2, 0.25) is 0 Å². The minimum Gasteiger partial charge on any atom is -0.379 e. The molecule has 17 heavy (non-hydrogen) atoms. The zero-order valence-electron chi connectivity index (χ0n) is 10.6. The Kier molecular flexibility index (Phi) is 2.71. The van der Waals surface area contributed by atoms with Crippen LogP contribution in [0.4, 0.5) is 0 Å². The van der Waals surface area contributed by atoms with Crippen LogP contribution in [-0.4, -0.2) is 35.4 Å². The van der Waals surface area contributed by atoms with E-state index < -0.39 is 0 Å². The standard InChI is InChI=1S/C14H23NOS/c1-3-16-4-2-15(1)17-14-8-11-5-12(9-14)7-13(6-11)10-14/h11-13H,1-10H2. The normalized spacial score (nSPS) is 49.8. The summed E-state index contributed by atoms with van der Waals surface area (Å²) in [6, 6.07) is 0. The number of rotatable bonds is 2. The molecule has 5 aliphatic rings. The molecule has 0 aromatic heterocycles.